The van der Waals surface area contributed by atoms with Crippen molar-refractivity contribution in [1.82, 2.24) is 25.4 Å². The van der Waals surface area contributed by atoms with E-state index in [1.807, 2.05) is 48.0 Å². The van der Waals surface area contributed by atoms with Gasteiger partial charge >= 0.3 is 0 Å². The van der Waals surface area contributed by atoms with E-state index < -0.39 is 0 Å². The van der Waals surface area contributed by atoms with Crippen LogP contribution in [0.25, 0.3) is 22.3 Å². The van der Waals surface area contributed by atoms with Crippen LogP contribution in [0.3, 0.4) is 0 Å². The molecular weight excluding hydrogens is 385 g/mol. The molecule has 0 spiro atoms. The molecule has 27 heavy (non-hydrogen) atoms. The first-order chi connectivity index (χ1) is 12.3. The van der Waals surface area contributed by atoms with Crippen LogP contribution >= 0.6 is 24.8 Å². The topological polar surface area (TPSA) is 71.8 Å². The van der Waals surface area contributed by atoms with Gasteiger partial charge in [-0.3, -0.25) is 4.79 Å². The Morgan fingerprint density at radius 2 is 2.00 bits per heavy atom. The Hall–Kier alpha value is -2.15. The van der Waals surface area contributed by atoms with Crippen molar-refractivity contribution >= 4 is 41.8 Å². The lowest BCUT2D eigenvalue weighted by atomic mass is 10.0. The second-order valence-corrected chi connectivity index (χ2v) is 6.35. The maximum Gasteiger partial charge on any atom is 0.252 e. The van der Waals surface area contributed by atoms with Gasteiger partial charge in [0.15, 0.2) is 5.65 Å². The highest BCUT2D eigenvalue weighted by molar-refractivity contribution is 6.06. The normalized spacial score (nSPS) is 13.4. The molecule has 2 N–H and O–H groups in total. The fraction of sp³-hybridized carbons (Fsp3) is 0.316. The number of nitrogens with one attached hydrogen (secondary N) is 2. The Labute approximate surface area is 170 Å². The van der Waals surface area contributed by atoms with Gasteiger partial charge in [-0.15, -0.1) is 24.8 Å². The molecule has 0 saturated carbocycles. The Morgan fingerprint density at radius 3 is 2.63 bits per heavy atom. The third-order valence-electron chi connectivity index (χ3n) is 4.64. The van der Waals surface area contributed by atoms with Crippen molar-refractivity contribution in [2.24, 2.45) is 5.92 Å². The van der Waals surface area contributed by atoms with Crippen molar-refractivity contribution in [2.75, 3.05) is 19.6 Å². The van der Waals surface area contributed by atoms with Gasteiger partial charge in [-0.25, -0.2) is 9.67 Å². The number of aromatic nitrogens is 3. The molecule has 3 heterocycles. The molecule has 1 aliphatic heterocycles. The summed E-state index contributed by atoms with van der Waals surface area (Å²) in [7, 11) is 0. The summed E-state index contributed by atoms with van der Waals surface area (Å²) in [5.74, 6) is 0.459. The van der Waals surface area contributed by atoms with Crippen LogP contribution in [0.2, 0.25) is 0 Å². The van der Waals surface area contributed by atoms with Crippen molar-refractivity contribution in [3.63, 3.8) is 0 Å². The molecule has 1 saturated heterocycles. The largest absolute Gasteiger partial charge is 0.352 e. The summed E-state index contributed by atoms with van der Waals surface area (Å²) < 4.78 is 1.83. The second-order valence-electron chi connectivity index (χ2n) is 6.35. The molecule has 1 aliphatic rings. The van der Waals surface area contributed by atoms with E-state index in [4.69, 9.17) is 4.98 Å². The number of pyridine rings is 1. The van der Waals surface area contributed by atoms with E-state index in [0.29, 0.717) is 24.6 Å². The van der Waals surface area contributed by atoms with Crippen molar-refractivity contribution in [1.29, 1.82) is 0 Å². The molecule has 0 unspecified atom stereocenters. The van der Waals surface area contributed by atoms with E-state index >= 15 is 0 Å². The van der Waals surface area contributed by atoms with E-state index in [1.165, 1.54) is 0 Å². The van der Waals surface area contributed by atoms with E-state index in [2.05, 4.69) is 15.7 Å². The minimum Gasteiger partial charge on any atom is -0.352 e. The Balaban J connectivity index is 0.00000131. The second kappa shape index (κ2) is 9.17. The SMILES string of the molecule is CCn1ncc2c(C(=O)NCC3CNC3)cc(-c3ccccc3)nc21.Cl.Cl. The first-order valence-electron chi connectivity index (χ1n) is 8.67. The van der Waals surface area contributed by atoms with Gasteiger partial charge in [0.1, 0.15) is 0 Å². The minimum absolute atomic E-state index is 0. The van der Waals surface area contributed by atoms with Crippen LogP contribution in [0.1, 0.15) is 17.3 Å². The molecule has 6 nitrogen and oxygen atoms in total. The Kier molecular flexibility index (Phi) is 7.18. The van der Waals surface area contributed by atoms with Crippen molar-refractivity contribution < 1.29 is 4.79 Å². The number of amides is 1. The molecule has 3 aromatic rings. The fourth-order valence-corrected chi connectivity index (χ4v) is 3.05. The van der Waals surface area contributed by atoms with Crippen molar-refractivity contribution in [3.05, 3.63) is 48.2 Å². The molecule has 1 amide bonds. The molecule has 2 aromatic heterocycles. The summed E-state index contributed by atoms with van der Waals surface area (Å²) in [5.41, 5.74) is 3.17. The van der Waals surface area contributed by atoms with Crippen LogP contribution in [-0.2, 0) is 6.54 Å². The van der Waals surface area contributed by atoms with Crippen molar-refractivity contribution in [2.45, 2.75) is 13.5 Å². The number of halogens is 2. The van der Waals surface area contributed by atoms with Gasteiger partial charge in [-0.2, -0.15) is 5.10 Å². The number of benzene rings is 1. The lowest BCUT2D eigenvalue weighted by Gasteiger charge is -2.27. The van der Waals surface area contributed by atoms with Crippen LogP contribution < -0.4 is 10.6 Å². The molecule has 1 fully saturated rings. The van der Waals surface area contributed by atoms with Gasteiger partial charge in [0.2, 0.25) is 0 Å². The third-order valence-corrected chi connectivity index (χ3v) is 4.64. The highest BCUT2D eigenvalue weighted by Crippen LogP contribution is 2.25. The number of hydrogen-bond acceptors (Lipinski definition) is 4. The minimum atomic E-state index is -0.0628. The maximum absolute atomic E-state index is 12.8. The summed E-state index contributed by atoms with van der Waals surface area (Å²) in [4.78, 5) is 17.5. The number of carbonyl (C=O) groups excluding carboxylic acids is 1. The van der Waals surface area contributed by atoms with Crippen LogP contribution in [0.15, 0.2) is 42.6 Å². The quantitative estimate of drug-likeness (QED) is 0.681. The molecular formula is C19H23Cl2N5O. The monoisotopic (exact) mass is 407 g/mol. The van der Waals surface area contributed by atoms with E-state index in [9.17, 15) is 4.79 Å². The fourth-order valence-electron chi connectivity index (χ4n) is 3.05. The summed E-state index contributed by atoms with van der Waals surface area (Å²) in [6, 6.07) is 11.8. The van der Waals surface area contributed by atoms with Crippen molar-refractivity contribution in [3.8, 4) is 11.3 Å². The Bertz CT molecular complexity index is 909. The smallest absolute Gasteiger partial charge is 0.252 e. The molecule has 0 bridgehead atoms. The molecule has 8 heteroatoms. The summed E-state index contributed by atoms with van der Waals surface area (Å²) in [6.07, 6.45) is 1.74. The van der Waals surface area contributed by atoms with Crippen LogP contribution in [0, 0.1) is 5.92 Å². The lowest BCUT2D eigenvalue weighted by Crippen LogP contribution is -2.48. The lowest BCUT2D eigenvalue weighted by molar-refractivity contribution is 0.0944. The molecule has 144 valence electrons. The van der Waals surface area contributed by atoms with Gasteiger partial charge in [0.05, 0.1) is 22.8 Å². The first-order valence-corrected chi connectivity index (χ1v) is 8.67. The number of fused-ring (bicyclic) bond motifs is 1. The van der Waals surface area contributed by atoms with Crippen LogP contribution in [0.4, 0.5) is 0 Å². The average molecular weight is 408 g/mol. The number of aryl methyl sites for hydroxylation is 1. The van der Waals surface area contributed by atoms with Crippen LogP contribution in [-0.4, -0.2) is 40.3 Å². The third kappa shape index (κ3) is 4.24. The molecule has 0 atom stereocenters. The molecule has 4 rings (SSSR count). The zero-order chi connectivity index (χ0) is 17.2. The zero-order valence-corrected chi connectivity index (χ0v) is 16.6. The first kappa shape index (κ1) is 21.2. The molecule has 1 aromatic carbocycles. The molecule has 0 radical (unpaired) electrons. The summed E-state index contributed by atoms with van der Waals surface area (Å²) >= 11 is 0. The van der Waals surface area contributed by atoms with E-state index in [-0.39, 0.29) is 30.7 Å². The number of rotatable bonds is 5. The average Bonchev–Trinajstić information content (AvgIpc) is 3.03. The predicted octanol–water partition coefficient (Wildman–Crippen LogP) is 2.91. The Morgan fingerprint density at radius 1 is 1.26 bits per heavy atom. The maximum atomic E-state index is 12.8. The number of nitrogens with zero attached hydrogens (tertiary/aromatic N) is 3. The number of carbonyl (C=O) groups is 1. The van der Waals surface area contributed by atoms with Gasteiger partial charge in [0, 0.05) is 37.7 Å². The van der Waals surface area contributed by atoms with Gasteiger partial charge in [-0.05, 0) is 13.0 Å². The zero-order valence-electron chi connectivity index (χ0n) is 15.0. The van der Waals surface area contributed by atoms with Gasteiger partial charge in [-0.1, -0.05) is 30.3 Å². The van der Waals surface area contributed by atoms with E-state index in [0.717, 1.165) is 35.4 Å². The standard InChI is InChI=1S/C19H21N5O.2ClH/c1-2-24-18-16(12-22-24)15(19(25)21-11-13-9-20-10-13)8-17(23-18)14-6-4-3-5-7-14;;/h3-8,12-13,20H,2,9-11H2,1H3,(H,21,25);2*1H. The van der Waals surface area contributed by atoms with Crippen LogP contribution in [0.5, 0.6) is 0 Å². The molecule has 0 aliphatic carbocycles. The number of hydrogen-bond donors (Lipinski definition) is 2. The summed E-state index contributed by atoms with van der Waals surface area (Å²) in [5, 5.41) is 11.5. The predicted molar refractivity (Wildman–Crippen MR) is 112 cm³/mol. The van der Waals surface area contributed by atoms with E-state index in [1.54, 1.807) is 6.20 Å². The van der Waals surface area contributed by atoms with Gasteiger partial charge < -0.3 is 10.6 Å². The highest BCUT2D eigenvalue weighted by Gasteiger charge is 2.20. The summed E-state index contributed by atoms with van der Waals surface area (Å²) in [6.45, 7) is 5.36. The van der Waals surface area contributed by atoms with Gasteiger partial charge in [0.25, 0.3) is 5.91 Å². The highest BCUT2D eigenvalue weighted by atomic mass is 35.5.